The van der Waals surface area contributed by atoms with Gasteiger partial charge in [-0.3, -0.25) is 5.10 Å². The normalized spacial score (nSPS) is 18.5. The fraction of sp³-hybridized carbons (Fsp3) is 0.267. The number of nitrogens with one attached hydrogen (secondary N) is 1. The number of halogens is 1. The van der Waals surface area contributed by atoms with E-state index in [1.54, 1.807) is 12.5 Å². The molecule has 21 heavy (non-hydrogen) atoms. The van der Waals surface area contributed by atoms with Crippen molar-refractivity contribution in [3.05, 3.63) is 47.4 Å². The lowest BCUT2D eigenvalue weighted by atomic mass is 10.0. The molecule has 1 atom stereocenters. The SMILES string of the molecule is Clc1ccc(C2CCCN2c2ncnc3[nH]ncc23)cc1. The van der Waals surface area contributed by atoms with Crippen LogP contribution in [-0.2, 0) is 0 Å². The highest BCUT2D eigenvalue weighted by atomic mass is 35.5. The molecule has 0 bridgehead atoms. The lowest BCUT2D eigenvalue weighted by Crippen LogP contribution is -2.23. The van der Waals surface area contributed by atoms with Gasteiger partial charge in [-0.15, -0.1) is 0 Å². The minimum atomic E-state index is 0.329. The van der Waals surface area contributed by atoms with Gasteiger partial charge in [0, 0.05) is 11.6 Å². The van der Waals surface area contributed by atoms with Crippen molar-refractivity contribution >= 4 is 28.5 Å². The number of H-pyrrole nitrogens is 1. The molecule has 1 saturated heterocycles. The highest BCUT2D eigenvalue weighted by molar-refractivity contribution is 6.30. The summed E-state index contributed by atoms with van der Waals surface area (Å²) in [5.74, 6) is 0.950. The fourth-order valence-electron chi connectivity index (χ4n) is 3.03. The Morgan fingerprint density at radius 3 is 2.90 bits per heavy atom. The van der Waals surface area contributed by atoms with Gasteiger partial charge in [-0.05, 0) is 30.5 Å². The van der Waals surface area contributed by atoms with Crippen LogP contribution in [0, 0.1) is 0 Å². The monoisotopic (exact) mass is 299 g/mol. The Morgan fingerprint density at radius 2 is 2.05 bits per heavy atom. The van der Waals surface area contributed by atoms with Gasteiger partial charge in [0.05, 0.1) is 17.6 Å². The van der Waals surface area contributed by atoms with E-state index in [1.807, 2.05) is 12.1 Å². The molecule has 106 valence electrons. The number of aromatic amines is 1. The zero-order valence-electron chi connectivity index (χ0n) is 11.3. The molecule has 0 amide bonds. The van der Waals surface area contributed by atoms with Crippen LogP contribution in [0.2, 0.25) is 5.02 Å². The summed E-state index contributed by atoms with van der Waals surface area (Å²) >= 11 is 5.99. The lowest BCUT2D eigenvalue weighted by molar-refractivity contribution is 0.713. The van der Waals surface area contributed by atoms with Crippen LogP contribution in [-0.4, -0.2) is 26.7 Å². The molecule has 0 aliphatic carbocycles. The van der Waals surface area contributed by atoms with Crippen molar-refractivity contribution in [3.63, 3.8) is 0 Å². The first-order valence-electron chi connectivity index (χ1n) is 6.99. The second kappa shape index (κ2) is 5.00. The van der Waals surface area contributed by atoms with Crippen LogP contribution in [0.25, 0.3) is 11.0 Å². The minimum Gasteiger partial charge on any atom is -0.349 e. The van der Waals surface area contributed by atoms with Crippen molar-refractivity contribution in [2.75, 3.05) is 11.4 Å². The molecule has 1 N–H and O–H groups in total. The first kappa shape index (κ1) is 12.6. The highest BCUT2D eigenvalue weighted by Gasteiger charge is 2.28. The van der Waals surface area contributed by atoms with E-state index < -0.39 is 0 Å². The van der Waals surface area contributed by atoms with Gasteiger partial charge < -0.3 is 4.90 Å². The zero-order chi connectivity index (χ0) is 14.2. The van der Waals surface area contributed by atoms with E-state index in [0.717, 1.165) is 41.3 Å². The van der Waals surface area contributed by atoms with Crippen molar-refractivity contribution in [3.8, 4) is 0 Å². The molecule has 0 radical (unpaired) electrons. The average Bonchev–Trinajstić information content (AvgIpc) is 3.16. The average molecular weight is 300 g/mol. The summed E-state index contributed by atoms with van der Waals surface area (Å²) in [4.78, 5) is 11.0. The highest BCUT2D eigenvalue weighted by Crippen LogP contribution is 2.37. The van der Waals surface area contributed by atoms with Gasteiger partial charge >= 0.3 is 0 Å². The molecule has 6 heteroatoms. The predicted octanol–water partition coefficient (Wildman–Crippen LogP) is 3.35. The number of anilines is 1. The zero-order valence-corrected chi connectivity index (χ0v) is 12.1. The van der Waals surface area contributed by atoms with Crippen LogP contribution in [0.1, 0.15) is 24.4 Å². The molecule has 0 spiro atoms. The first-order valence-corrected chi connectivity index (χ1v) is 7.37. The molecule has 1 aliphatic heterocycles. The van der Waals surface area contributed by atoms with E-state index in [1.165, 1.54) is 5.56 Å². The van der Waals surface area contributed by atoms with E-state index in [2.05, 4.69) is 37.2 Å². The number of hydrogen-bond donors (Lipinski definition) is 1. The number of fused-ring (bicyclic) bond motifs is 1. The van der Waals surface area contributed by atoms with E-state index in [-0.39, 0.29) is 0 Å². The second-order valence-electron chi connectivity index (χ2n) is 5.23. The molecule has 1 aromatic carbocycles. The van der Waals surface area contributed by atoms with Crippen molar-refractivity contribution in [2.24, 2.45) is 0 Å². The van der Waals surface area contributed by atoms with Crippen LogP contribution >= 0.6 is 11.6 Å². The van der Waals surface area contributed by atoms with E-state index in [0.29, 0.717) is 6.04 Å². The second-order valence-corrected chi connectivity index (χ2v) is 5.67. The maximum atomic E-state index is 5.99. The van der Waals surface area contributed by atoms with Gasteiger partial charge in [-0.25, -0.2) is 9.97 Å². The van der Waals surface area contributed by atoms with Crippen molar-refractivity contribution in [2.45, 2.75) is 18.9 Å². The summed E-state index contributed by atoms with van der Waals surface area (Å²) in [6.07, 6.45) is 5.65. The third-order valence-electron chi connectivity index (χ3n) is 4.01. The summed E-state index contributed by atoms with van der Waals surface area (Å²) < 4.78 is 0. The van der Waals surface area contributed by atoms with E-state index in [4.69, 9.17) is 11.6 Å². The lowest BCUT2D eigenvalue weighted by Gasteiger charge is -2.26. The summed E-state index contributed by atoms with van der Waals surface area (Å²) in [5.41, 5.74) is 2.05. The van der Waals surface area contributed by atoms with Gasteiger partial charge in [0.1, 0.15) is 12.1 Å². The van der Waals surface area contributed by atoms with Gasteiger partial charge in [0.2, 0.25) is 0 Å². The van der Waals surface area contributed by atoms with E-state index in [9.17, 15) is 0 Å². The Balaban J connectivity index is 1.76. The molecule has 3 heterocycles. The van der Waals surface area contributed by atoms with Crippen LogP contribution in [0.4, 0.5) is 5.82 Å². The number of nitrogens with zero attached hydrogens (tertiary/aromatic N) is 4. The van der Waals surface area contributed by atoms with Gasteiger partial charge in [-0.2, -0.15) is 5.10 Å². The largest absolute Gasteiger partial charge is 0.349 e. The number of benzene rings is 1. The van der Waals surface area contributed by atoms with Crippen molar-refractivity contribution in [1.82, 2.24) is 20.2 Å². The van der Waals surface area contributed by atoms with Crippen molar-refractivity contribution in [1.29, 1.82) is 0 Å². The Bertz CT molecular complexity index is 767. The number of aromatic nitrogens is 4. The molecule has 1 unspecified atom stereocenters. The molecule has 4 rings (SSSR count). The third-order valence-corrected chi connectivity index (χ3v) is 4.26. The summed E-state index contributed by atoms with van der Waals surface area (Å²) in [6.45, 7) is 0.991. The quantitative estimate of drug-likeness (QED) is 0.788. The molecule has 0 saturated carbocycles. The first-order chi connectivity index (χ1) is 10.3. The molecular formula is C15H14ClN5. The molecular weight excluding hydrogens is 286 g/mol. The summed E-state index contributed by atoms with van der Waals surface area (Å²) in [6, 6.07) is 8.41. The van der Waals surface area contributed by atoms with Gasteiger partial charge in [-0.1, -0.05) is 23.7 Å². The molecule has 1 aliphatic rings. The van der Waals surface area contributed by atoms with Crippen molar-refractivity contribution < 1.29 is 0 Å². The van der Waals surface area contributed by atoms with Crippen LogP contribution in [0.15, 0.2) is 36.8 Å². The Morgan fingerprint density at radius 1 is 1.19 bits per heavy atom. The molecule has 3 aromatic rings. The maximum Gasteiger partial charge on any atom is 0.160 e. The summed E-state index contributed by atoms with van der Waals surface area (Å²) in [5, 5.41) is 8.71. The molecule has 2 aromatic heterocycles. The fourth-order valence-corrected chi connectivity index (χ4v) is 3.16. The minimum absolute atomic E-state index is 0.329. The van der Waals surface area contributed by atoms with Gasteiger partial charge in [0.25, 0.3) is 0 Å². The summed E-state index contributed by atoms with van der Waals surface area (Å²) in [7, 11) is 0. The predicted molar refractivity (Wildman–Crippen MR) is 82.5 cm³/mol. The number of hydrogen-bond acceptors (Lipinski definition) is 4. The Hall–Kier alpha value is -2.14. The van der Waals surface area contributed by atoms with Crippen LogP contribution in [0.5, 0.6) is 0 Å². The number of rotatable bonds is 2. The van der Waals surface area contributed by atoms with Crippen LogP contribution < -0.4 is 4.90 Å². The maximum absolute atomic E-state index is 5.99. The topological polar surface area (TPSA) is 57.7 Å². The Labute approximate surface area is 127 Å². The molecule has 5 nitrogen and oxygen atoms in total. The third kappa shape index (κ3) is 2.14. The van der Waals surface area contributed by atoms with Gasteiger partial charge in [0.15, 0.2) is 5.65 Å². The Kier molecular flexibility index (Phi) is 3.00. The standard InChI is InChI=1S/C15H14ClN5/c16-11-5-3-10(4-6-11)13-2-1-7-21(13)15-12-8-19-20-14(12)17-9-18-15/h3-6,8-9,13H,1-2,7H2,(H,17,18,19,20). The smallest absolute Gasteiger partial charge is 0.160 e. The molecule has 1 fully saturated rings. The van der Waals surface area contributed by atoms with Crippen LogP contribution in [0.3, 0.4) is 0 Å². The van der Waals surface area contributed by atoms with E-state index >= 15 is 0 Å².